The van der Waals surface area contributed by atoms with Gasteiger partial charge >= 0.3 is 0 Å². The Hall–Kier alpha value is -1.95. The Labute approximate surface area is 158 Å². The lowest BCUT2D eigenvalue weighted by Crippen LogP contribution is -2.66. The second-order valence-corrected chi connectivity index (χ2v) is 9.55. The van der Waals surface area contributed by atoms with Gasteiger partial charge in [-0.05, 0) is 62.6 Å². The van der Waals surface area contributed by atoms with Crippen LogP contribution in [0.15, 0.2) is 18.3 Å². The fraction of sp³-hybridized carbons (Fsp3) is 0.619. The van der Waals surface area contributed by atoms with E-state index in [1.807, 2.05) is 11.9 Å². The summed E-state index contributed by atoms with van der Waals surface area (Å²) >= 11 is 0. The number of carbonyl (C=O) groups excluding carboxylic acids is 1. The molecular formula is C21H26FN3O2. The molecule has 1 saturated heterocycles. The van der Waals surface area contributed by atoms with E-state index in [0.29, 0.717) is 29.6 Å². The number of hydrogen-bond donors (Lipinski definition) is 1. The zero-order valence-electron chi connectivity index (χ0n) is 15.9. The van der Waals surface area contributed by atoms with E-state index in [4.69, 9.17) is 0 Å². The molecule has 1 spiro atoms. The van der Waals surface area contributed by atoms with Crippen LogP contribution in [0.3, 0.4) is 0 Å². The van der Waals surface area contributed by atoms with Gasteiger partial charge in [-0.25, -0.2) is 4.39 Å². The molecule has 2 heterocycles. The standard InChI is InChI=1S/C21H26FN3O2/c1-20(27)8-15(9-20)19(26)25-11-21(12-25)6-14(7-21)3-13-4-17(22)16-10-23-24(2)18(16)5-13/h4-5,10,14-15,27H,3,6-9,11-12H2,1-2H3. The summed E-state index contributed by atoms with van der Waals surface area (Å²) in [6.45, 7) is 3.52. The molecule has 144 valence electrons. The number of aliphatic hydroxyl groups is 1. The lowest BCUT2D eigenvalue weighted by Gasteiger charge is -2.60. The predicted octanol–water partition coefficient (Wildman–Crippen LogP) is 2.65. The first-order chi connectivity index (χ1) is 12.7. The van der Waals surface area contributed by atoms with Crippen molar-refractivity contribution in [1.29, 1.82) is 0 Å². The number of likely N-dealkylation sites (tertiary alicyclic amines) is 1. The van der Waals surface area contributed by atoms with E-state index < -0.39 is 5.60 Å². The van der Waals surface area contributed by atoms with Crippen LogP contribution in [0.5, 0.6) is 0 Å². The van der Waals surface area contributed by atoms with Gasteiger partial charge in [-0.1, -0.05) is 0 Å². The number of carbonyl (C=O) groups is 1. The van der Waals surface area contributed by atoms with Crippen molar-refractivity contribution in [3.8, 4) is 0 Å². The number of fused-ring (bicyclic) bond motifs is 1. The van der Waals surface area contributed by atoms with Crippen molar-refractivity contribution in [3.05, 3.63) is 29.7 Å². The molecule has 5 nitrogen and oxygen atoms in total. The molecule has 3 aliphatic rings. The van der Waals surface area contributed by atoms with Crippen molar-refractivity contribution in [2.45, 2.75) is 44.6 Å². The van der Waals surface area contributed by atoms with Gasteiger partial charge in [-0.15, -0.1) is 0 Å². The molecule has 0 bridgehead atoms. The average molecular weight is 371 g/mol. The van der Waals surface area contributed by atoms with Gasteiger partial charge in [0, 0.05) is 31.5 Å². The van der Waals surface area contributed by atoms with Crippen LogP contribution < -0.4 is 0 Å². The van der Waals surface area contributed by atoms with Crippen molar-refractivity contribution in [2.75, 3.05) is 13.1 Å². The van der Waals surface area contributed by atoms with Crippen LogP contribution in [0.25, 0.3) is 10.9 Å². The van der Waals surface area contributed by atoms with Crippen molar-refractivity contribution in [2.24, 2.45) is 24.3 Å². The first-order valence-corrected chi connectivity index (χ1v) is 9.85. The van der Waals surface area contributed by atoms with E-state index in [0.717, 1.165) is 43.4 Å². The summed E-state index contributed by atoms with van der Waals surface area (Å²) in [6, 6.07) is 3.70. The Kier molecular flexibility index (Phi) is 3.52. The number of halogens is 1. The van der Waals surface area contributed by atoms with Gasteiger partial charge in [0.2, 0.25) is 5.91 Å². The maximum Gasteiger partial charge on any atom is 0.225 e. The van der Waals surface area contributed by atoms with Crippen molar-refractivity contribution in [1.82, 2.24) is 14.7 Å². The van der Waals surface area contributed by atoms with Crippen LogP contribution in [0.2, 0.25) is 0 Å². The molecule has 2 aromatic rings. The zero-order chi connectivity index (χ0) is 19.0. The summed E-state index contributed by atoms with van der Waals surface area (Å²) in [6.07, 6.45) is 5.89. The number of aromatic nitrogens is 2. The third kappa shape index (κ3) is 2.76. The topological polar surface area (TPSA) is 58.4 Å². The highest BCUT2D eigenvalue weighted by Gasteiger charge is 2.55. The maximum absolute atomic E-state index is 14.3. The first-order valence-electron chi connectivity index (χ1n) is 9.85. The minimum Gasteiger partial charge on any atom is -0.390 e. The Morgan fingerprint density at radius 2 is 2.00 bits per heavy atom. The Morgan fingerprint density at radius 1 is 1.30 bits per heavy atom. The number of hydrogen-bond acceptors (Lipinski definition) is 3. The van der Waals surface area contributed by atoms with E-state index in [1.54, 1.807) is 23.9 Å². The van der Waals surface area contributed by atoms with Gasteiger partial charge in [0.15, 0.2) is 0 Å². The molecule has 0 radical (unpaired) electrons. The highest BCUT2D eigenvalue weighted by molar-refractivity contribution is 5.81. The van der Waals surface area contributed by atoms with Crippen molar-refractivity contribution in [3.63, 3.8) is 0 Å². The number of amides is 1. The predicted molar refractivity (Wildman–Crippen MR) is 99.5 cm³/mol. The van der Waals surface area contributed by atoms with Gasteiger partial charge < -0.3 is 10.0 Å². The third-order valence-electron chi connectivity index (χ3n) is 6.93. The minimum absolute atomic E-state index is 0.0156. The van der Waals surface area contributed by atoms with Crippen LogP contribution >= 0.6 is 0 Å². The molecule has 1 aliphatic heterocycles. The summed E-state index contributed by atoms with van der Waals surface area (Å²) < 4.78 is 16.0. The number of benzene rings is 1. The van der Waals surface area contributed by atoms with Gasteiger partial charge in [-0.2, -0.15) is 5.10 Å². The third-order valence-corrected chi connectivity index (χ3v) is 6.93. The molecule has 0 atom stereocenters. The molecule has 5 rings (SSSR count). The Morgan fingerprint density at radius 3 is 2.67 bits per heavy atom. The molecule has 2 saturated carbocycles. The SMILES string of the molecule is Cn1ncc2c(F)cc(CC3CC4(C3)CN(C(=O)C3CC(C)(O)C3)C4)cc21. The van der Waals surface area contributed by atoms with E-state index in [1.165, 1.54) is 0 Å². The number of aryl methyl sites for hydroxylation is 1. The van der Waals surface area contributed by atoms with E-state index in [9.17, 15) is 14.3 Å². The highest BCUT2D eigenvalue weighted by Crippen LogP contribution is 2.54. The quantitative estimate of drug-likeness (QED) is 0.902. The summed E-state index contributed by atoms with van der Waals surface area (Å²) in [5.41, 5.74) is 1.53. The van der Waals surface area contributed by atoms with Gasteiger partial charge in [-0.3, -0.25) is 9.48 Å². The average Bonchev–Trinajstić information content (AvgIpc) is 2.87. The zero-order valence-corrected chi connectivity index (χ0v) is 15.9. The summed E-state index contributed by atoms with van der Waals surface area (Å²) in [5.74, 6) is 0.611. The van der Waals surface area contributed by atoms with Crippen molar-refractivity contribution >= 4 is 16.8 Å². The highest BCUT2D eigenvalue weighted by atomic mass is 19.1. The maximum atomic E-state index is 14.3. The second kappa shape index (κ2) is 5.53. The van der Waals surface area contributed by atoms with Crippen LogP contribution in [0.1, 0.15) is 38.2 Å². The normalized spacial score (nSPS) is 29.5. The molecule has 2 aliphatic carbocycles. The van der Waals surface area contributed by atoms with Crippen LogP contribution in [0.4, 0.5) is 4.39 Å². The number of rotatable bonds is 3. The summed E-state index contributed by atoms with van der Waals surface area (Å²) in [7, 11) is 1.84. The summed E-state index contributed by atoms with van der Waals surface area (Å²) in [5, 5.41) is 14.5. The van der Waals surface area contributed by atoms with Crippen LogP contribution in [-0.4, -0.2) is 44.4 Å². The van der Waals surface area contributed by atoms with E-state index in [2.05, 4.69) is 11.2 Å². The molecule has 1 aromatic carbocycles. The molecule has 27 heavy (non-hydrogen) atoms. The van der Waals surface area contributed by atoms with Gasteiger partial charge in [0.25, 0.3) is 0 Å². The number of nitrogens with zero attached hydrogens (tertiary/aromatic N) is 3. The lowest BCUT2D eigenvalue weighted by atomic mass is 9.56. The first kappa shape index (κ1) is 17.2. The van der Waals surface area contributed by atoms with Crippen LogP contribution in [-0.2, 0) is 18.3 Å². The molecular weight excluding hydrogens is 345 g/mol. The fourth-order valence-electron chi connectivity index (χ4n) is 5.63. The Balaban J connectivity index is 1.16. The summed E-state index contributed by atoms with van der Waals surface area (Å²) in [4.78, 5) is 14.4. The minimum atomic E-state index is -0.644. The van der Waals surface area contributed by atoms with Gasteiger partial charge in [0.1, 0.15) is 5.82 Å². The molecule has 0 unspecified atom stereocenters. The van der Waals surface area contributed by atoms with E-state index >= 15 is 0 Å². The van der Waals surface area contributed by atoms with E-state index in [-0.39, 0.29) is 17.6 Å². The fourth-order valence-corrected chi connectivity index (χ4v) is 5.63. The van der Waals surface area contributed by atoms with Gasteiger partial charge in [0.05, 0.1) is 22.7 Å². The lowest BCUT2D eigenvalue weighted by molar-refractivity contribution is -0.171. The van der Waals surface area contributed by atoms with Crippen molar-refractivity contribution < 1.29 is 14.3 Å². The molecule has 1 N–H and O–H groups in total. The van der Waals surface area contributed by atoms with Crippen LogP contribution in [0, 0.1) is 23.1 Å². The largest absolute Gasteiger partial charge is 0.390 e. The Bertz CT molecular complexity index is 913. The molecule has 1 amide bonds. The monoisotopic (exact) mass is 371 g/mol. The molecule has 6 heteroatoms. The molecule has 3 fully saturated rings. The molecule has 1 aromatic heterocycles. The smallest absolute Gasteiger partial charge is 0.225 e. The second-order valence-electron chi connectivity index (χ2n) is 9.55.